The molecule has 1 atom stereocenters. The number of anilines is 1. The number of nitrogens with one attached hydrogen (secondary N) is 1. The zero-order chi connectivity index (χ0) is 16.2. The first-order valence-corrected chi connectivity index (χ1v) is 8.05. The van der Waals surface area contributed by atoms with Crippen LogP contribution in [0.3, 0.4) is 0 Å². The monoisotopic (exact) mass is 332 g/mol. The normalized spacial score (nSPS) is 18.1. The summed E-state index contributed by atoms with van der Waals surface area (Å²) in [7, 11) is 0. The Morgan fingerprint density at radius 1 is 1.26 bits per heavy atom. The van der Waals surface area contributed by atoms with Crippen molar-refractivity contribution in [1.29, 1.82) is 0 Å². The van der Waals surface area contributed by atoms with Crippen molar-refractivity contribution >= 4 is 23.2 Å². The van der Waals surface area contributed by atoms with Gasteiger partial charge in [-0.3, -0.25) is 9.69 Å². The van der Waals surface area contributed by atoms with Crippen LogP contribution in [-0.2, 0) is 4.79 Å². The molecule has 2 aromatic rings. The lowest BCUT2D eigenvalue weighted by Crippen LogP contribution is -2.33. The maximum atomic E-state index is 13.7. The number of hydrogen-bond acceptors (Lipinski definition) is 2. The molecule has 1 amide bonds. The highest BCUT2D eigenvalue weighted by molar-refractivity contribution is 6.30. The second-order valence-electron chi connectivity index (χ2n) is 5.71. The van der Waals surface area contributed by atoms with Crippen molar-refractivity contribution in [2.75, 3.05) is 18.4 Å². The zero-order valence-electron chi connectivity index (χ0n) is 12.6. The number of nitrogens with zero attached hydrogens (tertiary/aromatic N) is 1. The van der Waals surface area contributed by atoms with E-state index in [1.165, 1.54) is 23.8 Å². The summed E-state index contributed by atoms with van der Waals surface area (Å²) >= 11 is 5.85. The summed E-state index contributed by atoms with van der Waals surface area (Å²) in [5.41, 5.74) is 1.34. The molecule has 1 saturated heterocycles. The topological polar surface area (TPSA) is 32.3 Å². The van der Waals surface area contributed by atoms with E-state index in [0.29, 0.717) is 5.02 Å². The highest BCUT2D eigenvalue weighted by Crippen LogP contribution is 2.31. The second-order valence-corrected chi connectivity index (χ2v) is 6.15. The minimum Gasteiger partial charge on any atom is -0.322 e. The molecular weight excluding hydrogens is 315 g/mol. The summed E-state index contributed by atoms with van der Waals surface area (Å²) in [6.07, 6.45) is 2.08. The Labute approximate surface area is 140 Å². The molecule has 0 radical (unpaired) electrons. The fraction of sp³-hybridized carbons (Fsp3) is 0.278. The molecule has 2 aromatic carbocycles. The Balaban J connectivity index is 1.66. The molecule has 120 valence electrons. The second kappa shape index (κ2) is 7.11. The van der Waals surface area contributed by atoms with Crippen molar-refractivity contribution in [1.82, 2.24) is 4.90 Å². The predicted molar refractivity (Wildman–Crippen MR) is 90.0 cm³/mol. The van der Waals surface area contributed by atoms with E-state index in [0.717, 1.165) is 19.4 Å². The molecular formula is C18H18ClFN2O. The largest absolute Gasteiger partial charge is 0.322 e. The van der Waals surface area contributed by atoms with Gasteiger partial charge in [0, 0.05) is 11.1 Å². The van der Waals surface area contributed by atoms with E-state index in [4.69, 9.17) is 11.6 Å². The summed E-state index contributed by atoms with van der Waals surface area (Å²) in [5, 5.41) is 3.00. The quantitative estimate of drug-likeness (QED) is 0.907. The van der Waals surface area contributed by atoms with Gasteiger partial charge in [0.25, 0.3) is 0 Å². The minimum absolute atomic E-state index is 0.123. The van der Waals surface area contributed by atoms with Crippen LogP contribution in [0.5, 0.6) is 0 Å². The number of benzene rings is 2. The van der Waals surface area contributed by atoms with Gasteiger partial charge in [0.2, 0.25) is 5.91 Å². The molecule has 0 aliphatic carbocycles. The molecule has 0 spiro atoms. The summed E-state index contributed by atoms with van der Waals surface area (Å²) < 4.78 is 13.7. The molecule has 5 heteroatoms. The highest BCUT2D eigenvalue weighted by Gasteiger charge is 2.27. The van der Waals surface area contributed by atoms with E-state index in [1.807, 2.05) is 18.2 Å². The molecule has 1 fully saturated rings. The van der Waals surface area contributed by atoms with Crippen LogP contribution in [0.1, 0.15) is 24.4 Å². The van der Waals surface area contributed by atoms with Gasteiger partial charge in [-0.2, -0.15) is 0 Å². The summed E-state index contributed by atoms with van der Waals surface area (Å²) in [4.78, 5) is 14.4. The lowest BCUT2D eigenvalue weighted by molar-refractivity contribution is -0.117. The lowest BCUT2D eigenvalue weighted by atomic mass is 10.0. The third-order valence-electron chi connectivity index (χ3n) is 4.10. The zero-order valence-corrected chi connectivity index (χ0v) is 13.4. The van der Waals surface area contributed by atoms with Crippen molar-refractivity contribution in [3.05, 3.63) is 64.9 Å². The van der Waals surface area contributed by atoms with Crippen LogP contribution in [0.25, 0.3) is 0 Å². The van der Waals surface area contributed by atoms with E-state index in [2.05, 4.69) is 22.3 Å². The fourth-order valence-electron chi connectivity index (χ4n) is 3.04. The molecule has 1 aliphatic rings. The van der Waals surface area contributed by atoms with Crippen molar-refractivity contribution in [2.45, 2.75) is 18.9 Å². The van der Waals surface area contributed by atoms with Gasteiger partial charge < -0.3 is 5.32 Å². The van der Waals surface area contributed by atoms with Crippen molar-refractivity contribution in [2.24, 2.45) is 0 Å². The molecule has 1 aliphatic heterocycles. The number of rotatable bonds is 4. The number of halogens is 2. The molecule has 23 heavy (non-hydrogen) atoms. The molecule has 1 N–H and O–H groups in total. The van der Waals surface area contributed by atoms with Crippen LogP contribution in [0.4, 0.5) is 10.1 Å². The standard InChI is InChI=1S/C18H18ClFN2O/c19-14-8-9-15(20)16(11-14)21-18(23)12-22-10-4-7-17(22)13-5-2-1-3-6-13/h1-3,5-6,8-9,11,17H,4,7,10,12H2,(H,21,23). The first-order chi connectivity index (χ1) is 11.1. The maximum Gasteiger partial charge on any atom is 0.238 e. The van der Waals surface area contributed by atoms with E-state index in [9.17, 15) is 9.18 Å². The van der Waals surface area contributed by atoms with Gasteiger partial charge in [-0.1, -0.05) is 41.9 Å². The number of carbonyl (C=O) groups excluding carboxylic acids is 1. The molecule has 0 saturated carbocycles. The third-order valence-corrected chi connectivity index (χ3v) is 4.33. The first kappa shape index (κ1) is 16.0. The van der Waals surface area contributed by atoms with E-state index >= 15 is 0 Å². The number of carbonyl (C=O) groups is 1. The van der Waals surface area contributed by atoms with Crippen molar-refractivity contribution < 1.29 is 9.18 Å². The van der Waals surface area contributed by atoms with Crippen LogP contribution in [0, 0.1) is 5.82 Å². The number of hydrogen-bond donors (Lipinski definition) is 1. The van der Waals surface area contributed by atoms with Crippen LogP contribution >= 0.6 is 11.6 Å². The average molecular weight is 333 g/mol. The molecule has 1 unspecified atom stereocenters. The SMILES string of the molecule is O=C(CN1CCCC1c1ccccc1)Nc1cc(Cl)ccc1F. The van der Waals surface area contributed by atoms with Crippen LogP contribution in [0.2, 0.25) is 5.02 Å². The molecule has 3 rings (SSSR count). The summed E-state index contributed by atoms with van der Waals surface area (Å²) in [6.45, 7) is 1.11. The van der Waals surface area contributed by atoms with Crippen molar-refractivity contribution in [3.63, 3.8) is 0 Å². The van der Waals surface area contributed by atoms with Gasteiger partial charge in [-0.25, -0.2) is 4.39 Å². The summed E-state index contributed by atoms with van der Waals surface area (Å²) in [6, 6.07) is 14.5. The molecule has 0 bridgehead atoms. The van der Waals surface area contributed by atoms with Gasteiger partial charge in [0.1, 0.15) is 5.82 Å². The van der Waals surface area contributed by atoms with Crippen LogP contribution in [-0.4, -0.2) is 23.9 Å². The van der Waals surface area contributed by atoms with Gasteiger partial charge in [-0.05, 0) is 43.1 Å². The Morgan fingerprint density at radius 2 is 2.04 bits per heavy atom. The highest BCUT2D eigenvalue weighted by atomic mass is 35.5. The Kier molecular flexibility index (Phi) is 4.94. The Morgan fingerprint density at radius 3 is 2.83 bits per heavy atom. The number of likely N-dealkylation sites (tertiary alicyclic amines) is 1. The first-order valence-electron chi connectivity index (χ1n) is 7.67. The predicted octanol–water partition coefficient (Wildman–Crippen LogP) is 4.25. The summed E-state index contributed by atoms with van der Waals surface area (Å²) in [5.74, 6) is -0.710. The van der Waals surface area contributed by atoms with Gasteiger partial charge in [0.05, 0.1) is 12.2 Å². The van der Waals surface area contributed by atoms with Gasteiger partial charge in [0.15, 0.2) is 0 Å². The van der Waals surface area contributed by atoms with E-state index in [-0.39, 0.29) is 24.2 Å². The van der Waals surface area contributed by atoms with Crippen molar-refractivity contribution in [3.8, 4) is 0 Å². The minimum atomic E-state index is -0.483. The Bertz CT molecular complexity index is 693. The lowest BCUT2D eigenvalue weighted by Gasteiger charge is -2.24. The van der Waals surface area contributed by atoms with Crippen LogP contribution in [0.15, 0.2) is 48.5 Å². The van der Waals surface area contributed by atoms with E-state index < -0.39 is 5.82 Å². The Hall–Kier alpha value is -1.91. The average Bonchev–Trinajstić information content (AvgIpc) is 3.00. The fourth-order valence-corrected chi connectivity index (χ4v) is 3.21. The molecule has 0 aromatic heterocycles. The van der Waals surface area contributed by atoms with Crippen LogP contribution < -0.4 is 5.32 Å². The smallest absolute Gasteiger partial charge is 0.238 e. The third kappa shape index (κ3) is 3.89. The van der Waals surface area contributed by atoms with E-state index in [1.54, 1.807) is 0 Å². The van der Waals surface area contributed by atoms with Gasteiger partial charge >= 0.3 is 0 Å². The maximum absolute atomic E-state index is 13.7. The molecule has 3 nitrogen and oxygen atoms in total. The molecule has 1 heterocycles. The number of amides is 1. The van der Waals surface area contributed by atoms with Gasteiger partial charge in [-0.15, -0.1) is 0 Å².